The second kappa shape index (κ2) is 7.69. The first-order chi connectivity index (χ1) is 12.8. The molecule has 0 saturated carbocycles. The van der Waals surface area contributed by atoms with E-state index in [2.05, 4.69) is 48.7 Å². The van der Waals surface area contributed by atoms with Crippen molar-refractivity contribution in [2.24, 2.45) is 0 Å². The maximum Gasteiger partial charge on any atom is 0.251 e. The third kappa shape index (κ3) is 4.48. The summed E-state index contributed by atoms with van der Waals surface area (Å²) >= 11 is 1.68. The number of hydrogen-bond donors (Lipinski definition) is 1. The van der Waals surface area contributed by atoms with E-state index in [1.54, 1.807) is 11.3 Å². The van der Waals surface area contributed by atoms with Gasteiger partial charge >= 0.3 is 0 Å². The van der Waals surface area contributed by atoms with E-state index in [1.165, 1.54) is 10.4 Å². The van der Waals surface area contributed by atoms with Gasteiger partial charge in [-0.05, 0) is 54.5 Å². The summed E-state index contributed by atoms with van der Waals surface area (Å²) in [5.74, 6) is -0.0569. The van der Waals surface area contributed by atoms with Crippen LogP contribution in [0.4, 0.5) is 0 Å². The highest BCUT2D eigenvalue weighted by molar-refractivity contribution is 7.10. The van der Waals surface area contributed by atoms with Crippen molar-refractivity contribution in [1.82, 2.24) is 15.1 Å². The van der Waals surface area contributed by atoms with Crippen molar-refractivity contribution in [2.45, 2.75) is 46.1 Å². The van der Waals surface area contributed by atoms with Gasteiger partial charge in [0.1, 0.15) is 6.04 Å². The summed E-state index contributed by atoms with van der Waals surface area (Å²) in [5, 5.41) is 9.77. The van der Waals surface area contributed by atoms with Gasteiger partial charge in [0.05, 0.1) is 5.69 Å². The predicted molar refractivity (Wildman–Crippen MR) is 112 cm³/mol. The number of benzene rings is 1. The van der Waals surface area contributed by atoms with E-state index < -0.39 is 0 Å². The molecule has 0 aliphatic carbocycles. The van der Waals surface area contributed by atoms with Crippen LogP contribution in [0.5, 0.6) is 0 Å². The first-order valence-electron chi connectivity index (χ1n) is 9.20. The van der Waals surface area contributed by atoms with Crippen LogP contribution in [-0.2, 0) is 5.41 Å². The number of rotatable bonds is 5. The fourth-order valence-electron chi connectivity index (χ4n) is 3.16. The van der Waals surface area contributed by atoms with E-state index in [9.17, 15) is 4.79 Å². The molecule has 0 fully saturated rings. The van der Waals surface area contributed by atoms with Gasteiger partial charge in [-0.25, -0.2) is 0 Å². The average molecular weight is 382 g/mol. The van der Waals surface area contributed by atoms with Crippen molar-refractivity contribution in [3.63, 3.8) is 0 Å². The largest absolute Gasteiger partial charge is 0.350 e. The number of hydrogen-bond acceptors (Lipinski definition) is 3. The molecule has 1 amide bonds. The number of nitrogens with zero attached hydrogens (tertiary/aromatic N) is 2. The van der Waals surface area contributed by atoms with Crippen LogP contribution in [0.2, 0.25) is 0 Å². The molecule has 0 bridgehead atoms. The molecule has 0 aliphatic rings. The molecule has 1 aromatic carbocycles. The lowest BCUT2D eigenvalue weighted by atomic mass is 9.87. The predicted octanol–water partition coefficient (Wildman–Crippen LogP) is 4.88. The zero-order valence-corrected chi connectivity index (χ0v) is 17.4. The molecule has 27 heavy (non-hydrogen) atoms. The van der Waals surface area contributed by atoms with Gasteiger partial charge in [0.15, 0.2) is 0 Å². The first kappa shape index (κ1) is 19.4. The van der Waals surface area contributed by atoms with Crippen molar-refractivity contribution < 1.29 is 4.79 Å². The Kier molecular flexibility index (Phi) is 5.51. The third-order valence-electron chi connectivity index (χ3n) is 4.68. The fourth-order valence-corrected chi connectivity index (χ4v) is 3.97. The molecule has 0 spiro atoms. The van der Waals surface area contributed by atoms with Crippen molar-refractivity contribution >= 4 is 17.2 Å². The zero-order valence-electron chi connectivity index (χ0n) is 16.6. The molecule has 1 N–H and O–H groups in total. The monoisotopic (exact) mass is 381 g/mol. The number of carbonyl (C=O) groups is 1. The molecular weight excluding hydrogens is 354 g/mol. The summed E-state index contributed by atoms with van der Waals surface area (Å²) in [4.78, 5) is 13.8. The quantitative estimate of drug-likeness (QED) is 0.685. The molecule has 2 heterocycles. The highest BCUT2D eigenvalue weighted by Crippen LogP contribution is 2.25. The van der Waals surface area contributed by atoms with Crippen LogP contribution in [0, 0.1) is 13.8 Å². The summed E-state index contributed by atoms with van der Waals surface area (Å²) in [6, 6.07) is 14.1. The Morgan fingerprint density at radius 1 is 1.19 bits per heavy atom. The standard InChI is InChI=1S/C22H27N3OS/c1-15-13-16(2)25(24-15)19(20-7-6-12-27-20)14-23-21(26)17-8-10-18(11-9-17)22(3,4)5/h6-13,19H,14H2,1-5H3,(H,23,26). The first-order valence-corrected chi connectivity index (χ1v) is 10.1. The molecule has 0 saturated heterocycles. The van der Waals surface area contributed by atoms with Crippen molar-refractivity contribution in [3.8, 4) is 0 Å². The number of aromatic nitrogens is 2. The van der Waals surface area contributed by atoms with Gasteiger partial charge < -0.3 is 5.32 Å². The van der Waals surface area contributed by atoms with Crippen molar-refractivity contribution in [2.75, 3.05) is 6.54 Å². The normalized spacial score (nSPS) is 12.8. The average Bonchev–Trinajstić information content (AvgIpc) is 3.25. The van der Waals surface area contributed by atoms with Gasteiger partial charge in [-0.2, -0.15) is 5.10 Å². The number of carbonyl (C=O) groups excluding carboxylic acids is 1. The zero-order chi connectivity index (χ0) is 19.6. The van der Waals surface area contributed by atoms with Gasteiger partial charge in [0.2, 0.25) is 0 Å². The lowest BCUT2D eigenvalue weighted by molar-refractivity contribution is 0.0949. The van der Waals surface area contributed by atoms with Crippen LogP contribution < -0.4 is 5.32 Å². The summed E-state index contributed by atoms with van der Waals surface area (Å²) in [6.45, 7) is 11.0. The minimum Gasteiger partial charge on any atom is -0.350 e. The lowest BCUT2D eigenvalue weighted by Crippen LogP contribution is -2.32. The molecule has 142 valence electrons. The second-order valence-electron chi connectivity index (χ2n) is 7.94. The van der Waals surface area contributed by atoms with E-state index in [0.717, 1.165) is 11.4 Å². The van der Waals surface area contributed by atoms with Gasteiger partial charge in [-0.3, -0.25) is 9.48 Å². The molecule has 1 atom stereocenters. The number of aryl methyl sites for hydroxylation is 2. The Bertz CT molecular complexity index is 902. The van der Waals surface area contributed by atoms with E-state index in [-0.39, 0.29) is 17.4 Å². The maximum absolute atomic E-state index is 12.7. The highest BCUT2D eigenvalue weighted by atomic mass is 32.1. The Morgan fingerprint density at radius 2 is 1.89 bits per heavy atom. The van der Waals surface area contributed by atoms with Crippen LogP contribution in [0.1, 0.15) is 59.0 Å². The second-order valence-corrected chi connectivity index (χ2v) is 8.92. The van der Waals surface area contributed by atoms with Crippen LogP contribution >= 0.6 is 11.3 Å². The topological polar surface area (TPSA) is 46.9 Å². The number of amides is 1. The van der Waals surface area contributed by atoms with Gasteiger partial charge in [-0.1, -0.05) is 39.0 Å². The van der Waals surface area contributed by atoms with Gasteiger partial charge in [0.25, 0.3) is 5.91 Å². The third-order valence-corrected chi connectivity index (χ3v) is 5.65. The summed E-state index contributed by atoms with van der Waals surface area (Å²) < 4.78 is 2.00. The molecule has 1 unspecified atom stereocenters. The van der Waals surface area contributed by atoms with Crippen molar-refractivity contribution in [3.05, 3.63) is 75.2 Å². The molecule has 4 nitrogen and oxygen atoms in total. The maximum atomic E-state index is 12.7. The molecule has 0 aliphatic heterocycles. The minimum absolute atomic E-state index is 0.00324. The molecule has 5 heteroatoms. The Labute approximate surface area is 165 Å². The van der Waals surface area contributed by atoms with E-state index in [0.29, 0.717) is 12.1 Å². The van der Waals surface area contributed by atoms with Crippen LogP contribution in [0.15, 0.2) is 47.8 Å². The Balaban J connectivity index is 1.76. The molecule has 0 radical (unpaired) electrons. The minimum atomic E-state index is -0.0569. The van der Waals surface area contributed by atoms with E-state index in [4.69, 9.17) is 0 Å². The van der Waals surface area contributed by atoms with E-state index in [1.807, 2.05) is 48.9 Å². The highest BCUT2D eigenvalue weighted by Gasteiger charge is 2.20. The number of thiophene rings is 1. The smallest absolute Gasteiger partial charge is 0.251 e. The van der Waals surface area contributed by atoms with Crippen molar-refractivity contribution in [1.29, 1.82) is 0 Å². The summed E-state index contributed by atoms with van der Waals surface area (Å²) in [6.07, 6.45) is 0. The SMILES string of the molecule is Cc1cc(C)n(C(CNC(=O)c2ccc(C(C)(C)C)cc2)c2cccs2)n1. The molecule has 3 rings (SSSR count). The van der Waals surface area contributed by atoms with Crippen LogP contribution in [0.25, 0.3) is 0 Å². The molecule has 3 aromatic rings. The number of nitrogens with one attached hydrogen (secondary N) is 1. The van der Waals surface area contributed by atoms with E-state index >= 15 is 0 Å². The summed E-state index contributed by atoms with van der Waals surface area (Å²) in [7, 11) is 0. The summed E-state index contributed by atoms with van der Waals surface area (Å²) in [5.41, 5.74) is 4.06. The van der Waals surface area contributed by atoms with Crippen LogP contribution in [-0.4, -0.2) is 22.2 Å². The van der Waals surface area contributed by atoms with Gasteiger partial charge in [0, 0.05) is 22.7 Å². The van der Waals surface area contributed by atoms with Crippen LogP contribution in [0.3, 0.4) is 0 Å². The lowest BCUT2D eigenvalue weighted by Gasteiger charge is -2.20. The molecular formula is C22H27N3OS. The Morgan fingerprint density at radius 3 is 2.41 bits per heavy atom. The fraction of sp³-hybridized carbons (Fsp3) is 0.364. The molecule has 2 aromatic heterocycles. The Hall–Kier alpha value is -2.40. The van der Waals surface area contributed by atoms with Gasteiger partial charge in [-0.15, -0.1) is 11.3 Å².